The number of furan rings is 1. The zero-order chi connectivity index (χ0) is 48.0. The van der Waals surface area contributed by atoms with E-state index in [9.17, 15) is 0 Å². The fraction of sp³-hybridized carbons (Fsp3) is 0. The molecule has 0 atom stereocenters. The first-order chi connectivity index (χ1) is 36.2. The van der Waals surface area contributed by atoms with Gasteiger partial charge in [0.25, 0.3) is 0 Å². The Bertz CT molecular complexity index is 4700. The maximum absolute atomic E-state index is 6.31. The second-order valence-electron chi connectivity index (χ2n) is 18.7. The molecule has 5 nitrogen and oxygen atoms in total. The molecule has 15 rings (SSSR count). The molecule has 0 aliphatic heterocycles. The summed E-state index contributed by atoms with van der Waals surface area (Å²) in [5.74, 6) is 1.78. The van der Waals surface area contributed by atoms with Gasteiger partial charge >= 0.3 is 0 Å². The average Bonchev–Trinajstić information content (AvgIpc) is 4.17. The predicted octanol–water partition coefficient (Wildman–Crippen LogP) is 18.4. The van der Waals surface area contributed by atoms with Crippen LogP contribution in [-0.4, -0.2) is 19.5 Å². The van der Waals surface area contributed by atoms with Crippen LogP contribution in [0.5, 0.6) is 0 Å². The topological polar surface area (TPSA) is 56.7 Å². The zero-order valence-corrected chi connectivity index (χ0v) is 40.0. The van der Waals surface area contributed by atoms with Crippen LogP contribution in [-0.2, 0) is 0 Å². The van der Waals surface area contributed by atoms with Crippen LogP contribution >= 0.6 is 11.3 Å². The lowest BCUT2D eigenvalue weighted by Gasteiger charge is -2.14. The Morgan fingerprint density at radius 1 is 0.342 bits per heavy atom. The van der Waals surface area contributed by atoms with Crippen molar-refractivity contribution in [3.05, 3.63) is 243 Å². The van der Waals surface area contributed by atoms with Crippen molar-refractivity contribution in [2.75, 3.05) is 0 Å². The highest BCUT2D eigenvalue weighted by molar-refractivity contribution is 7.26. The summed E-state index contributed by atoms with van der Waals surface area (Å²) >= 11 is 1.87. The molecule has 73 heavy (non-hydrogen) atoms. The fourth-order valence-electron chi connectivity index (χ4n) is 11.0. The van der Waals surface area contributed by atoms with Gasteiger partial charge in [0.1, 0.15) is 11.2 Å². The molecule has 11 aromatic carbocycles. The van der Waals surface area contributed by atoms with E-state index in [-0.39, 0.29) is 0 Å². The lowest BCUT2D eigenvalue weighted by atomic mass is 9.96. The SMILES string of the molecule is c1ccc(-c2nc(-c3cccc(-c4cccc(-n5c6ccc7ccccc7c6c6cccc(-c7cccc(-c8cccc9c8sc8ccccc89)c7)c65)c4)c3)nc(-c3ccc4c(c3)oc3ccccc34)n2)cc1. The molecule has 0 aliphatic rings. The number of aromatic nitrogens is 4. The number of fused-ring (bicyclic) bond motifs is 11. The summed E-state index contributed by atoms with van der Waals surface area (Å²) in [4.78, 5) is 15.3. The first kappa shape index (κ1) is 41.3. The predicted molar refractivity (Wildman–Crippen MR) is 304 cm³/mol. The van der Waals surface area contributed by atoms with Crippen LogP contribution in [0.1, 0.15) is 0 Å². The van der Waals surface area contributed by atoms with Gasteiger partial charge in [0, 0.05) is 69.7 Å². The quantitative estimate of drug-likeness (QED) is 0.160. The molecule has 340 valence electrons. The van der Waals surface area contributed by atoms with Crippen LogP contribution in [0.15, 0.2) is 247 Å². The third-order valence-electron chi connectivity index (χ3n) is 14.4. The van der Waals surface area contributed by atoms with Crippen molar-refractivity contribution in [2.24, 2.45) is 0 Å². The smallest absolute Gasteiger partial charge is 0.164 e. The summed E-state index contributed by atoms with van der Waals surface area (Å²) in [6.45, 7) is 0. The molecule has 0 bridgehead atoms. The highest BCUT2D eigenvalue weighted by Crippen LogP contribution is 2.44. The van der Waals surface area contributed by atoms with Crippen molar-refractivity contribution < 1.29 is 4.42 Å². The molecular formula is C67H40N4OS. The molecule has 0 N–H and O–H groups in total. The summed E-state index contributed by atoms with van der Waals surface area (Å²) in [5, 5.41) is 9.66. The van der Waals surface area contributed by atoms with E-state index >= 15 is 0 Å². The van der Waals surface area contributed by atoms with Gasteiger partial charge in [0.15, 0.2) is 17.5 Å². The summed E-state index contributed by atoms with van der Waals surface area (Å²) < 4.78 is 11.4. The number of rotatable bonds is 7. The Hall–Kier alpha value is -9.49. The minimum Gasteiger partial charge on any atom is -0.456 e. The second-order valence-corrected chi connectivity index (χ2v) is 19.7. The van der Waals surface area contributed by atoms with Gasteiger partial charge in [0.2, 0.25) is 0 Å². The second kappa shape index (κ2) is 16.6. The van der Waals surface area contributed by atoms with Crippen LogP contribution in [0.3, 0.4) is 0 Å². The van der Waals surface area contributed by atoms with Gasteiger partial charge in [-0.15, -0.1) is 11.3 Å². The molecule has 0 spiro atoms. The van der Waals surface area contributed by atoms with Gasteiger partial charge in [-0.25, -0.2) is 15.0 Å². The summed E-state index contributed by atoms with van der Waals surface area (Å²) in [5.41, 5.74) is 14.7. The van der Waals surface area contributed by atoms with Crippen molar-refractivity contribution in [1.29, 1.82) is 0 Å². The molecular weight excluding hydrogens is 909 g/mol. The van der Waals surface area contributed by atoms with Crippen molar-refractivity contribution in [3.8, 4) is 73.2 Å². The minimum atomic E-state index is 0.580. The largest absolute Gasteiger partial charge is 0.456 e. The van der Waals surface area contributed by atoms with Crippen molar-refractivity contribution in [1.82, 2.24) is 19.5 Å². The number of benzene rings is 11. The van der Waals surface area contributed by atoms with Gasteiger partial charge in [-0.05, 0) is 93.2 Å². The number of thiophene rings is 1. The van der Waals surface area contributed by atoms with E-state index in [1.165, 1.54) is 69.5 Å². The van der Waals surface area contributed by atoms with Crippen LogP contribution < -0.4 is 0 Å². The highest BCUT2D eigenvalue weighted by atomic mass is 32.1. The standard InChI is InChI=1S/C67H40N4OS/c1-2-16-42(17-3-1)65-68-66(70-67(69-65)48-33-35-54-53-25-6-8-31-59(53)72-60(54)40-48)47-22-10-18-43(37-47)44-19-12-23-49(39-44)71-58-36-34-41-15-4-5-24-50(41)62(58)57-30-13-27-51(63(57)71)45-20-11-21-46(38-45)52-28-14-29-56-55-26-7-9-32-61(55)73-64(52)56/h1-40H. The number of hydrogen-bond acceptors (Lipinski definition) is 5. The fourth-order valence-corrected chi connectivity index (χ4v) is 12.3. The first-order valence-corrected chi connectivity index (χ1v) is 25.4. The molecule has 4 aromatic heterocycles. The van der Waals surface area contributed by atoms with Gasteiger partial charge in [-0.1, -0.05) is 188 Å². The van der Waals surface area contributed by atoms with Gasteiger partial charge in [-0.2, -0.15) is 0 Å². The lowest BCUT2D eigenvalue weighted by Crippen LogP contribution is -2.00. The van der Waals surface area contributed by atoms with Crippen LogP contribution in [0.25, 0.3) is 148 Å². The highest BCUT2D eigenvalue weighted by Gasteiger charge is 2.21. The zero-order valence-electron chi connectivity index (χ0n) is 39.2. The monoisotopic (exact) mass is 948 g/mol. The van der Waals surface area contributed by atoms with E-state index in [1.54, 1.807) is 0 Å². The molecule has 15 aromatic rings. The van der Waals surface area contributed by atoms with Crippen molar-refractivity contribution >= 4 is 86.0 Å². The maximum atomic E-state index is 6.31. The number of nitrogens with zero attached hydrogens (tertiary/aromatic N) is 4. The van der Waals surface area contributed by atoms with E-state index in [4.69, 9.17) is 19.4 Å². The van der Waals surface area contributed by atoms with E-state index < -0.39 is 0 Å². The Kier molecular flexibility index (Phi) is 9.37. The lowest BCUT2D eigenvalue weighted by molar-refractivity contribution is 0.669. The Morgan fingerprint density at radius 2 is 0.918 bits per heavy atom. The number of para-hydroxylation sites is 2. The molecule has 0 saturated carbocycles. The molecule has 0 radical (unpaired) electrons. The third-order valence-corrected chi connectivity index (χ3v) is 15.6. The third kappa shape index (κ3) is 6.80. The Labute approximate surface area is 423 Å². The molecule has 0 saturated heterocycles. The van der Waals surface area contributed by atoms with Gasteiger partial charge in [-0.3, -0.25) is 0 Å². The first-order valence-electron chi connectivity index (χ1n) is 24.6. The van der Waals surface area contributed by atoms with Crippen LogP contribution in [0.4, 0.5) is 0 Å². The summed E-state index contributed by atoms with van der Waals surface area (Å²) in [7, 11) is 0. The van der Waals surface area contributed by atoms with Gasteiger partial charge in [0.05, 0.1) is 11.0 Å². The Balaban J connectivity index is 0.877. The molecule has 0 amide bonds. The van der Waals surface area contributed by atoms with Crippen LogP contribution in [0.2, 0.25) is 0 Å². The minimum absolute atomic E-state index is 0.580. The van der Waals surface area contributed by atoms with Gasteiger partial charge < -0.3 is 8.98 Å². The molecule has 0 aliphatic carbocycles. The van der Waals surface area contributed by atoms with Crippen molar-refractivity contribution in [3.63, 3.8) is 0 Å². The van der Waals surface area contributed by atoms with Crippen molar-refractivity contribution in [2.45, 2.75) is 0 Å². The number of hydrogen-bond donors (Lipinski definition) is 0. The molecule has 0 unspecified atom stereocenters. The molecule has 4 heterocycles. The van der Waals surface area contributed by atoms with E-state index in [1.807, 2.05) is 65.9 Å². The summed E-state index contributed by atoms with van der Waals surface area (Å²) in [6.07, 6.45) is 0. The molecule has 0 fully saturated rings. The summed E-state index contributed by atoms with van der Waals surface area (Å²) in [6, 6.07) is 86.6. The van der Waals surface area contributed by atoms with E-state index in [0.29, 0.717) is 17.5 Å². The van der Waals surface area contributed by atoms with E-state index in [2.05, 4.69) is 193 Å². The average molecular weight is 949 g/mol. The molecule has 6 heteroatoms. The normalized spacial score (nSPS) is 11.8. The maximum Gasteiger partial charge on any atom is 0.164 e. The van der Waals surface area contributed by atoms with E-state index in [0.717, 1.165) is 61.0 Å². The van der Waals surface area contributed by atoms with Crippen LogP contribution in [0, 0.1) is 0 Å². The Morgan fingerprint density at radius 3 is 1.77 bits per heavy atom.